The van der Waals surface area contributed by atoms with Gasteiger partial charge in [-0.2, -0.15) is 0 Å². The Labute approximate surface area is 177 Å². The van der Waals surface area contributed by atoms with Gasteiger partial charge in [0.05, 0.1) is 23.1 Å². The van der Waals surface area contributed by atoms with E-state index in [1.165, 1.54) is 5.56 Å². The van der Waals surface area contributed by atoms with Crippen molar-refractivity contribution in [2.75, 3.05) is 19.0 Å². The van der Waals surface area contributed by atoms with Crippen LogP contribution in [-0.4, -0.2) is 36.1 Å². The van der Waals surface area contributed by atoms with Crippen LogP contribution < -0.4 is 14.8 Å². The number of ether oxygens (including phenoxy) is 2. The summed E-state index contributed by atoms with van der Waals surface area (Å²) in [6.07, 6.45) is 1.86. The van der Waals surface area contributed by atoms with Crippen LogP contribution in [0.5, 0.6) is 11.5 Å². The number of hydrogen-bond donors (Lipinski definition) is 2. The summed E-state index contributed by atoms with van der Waals surface area (Å²) in [7, 11) is 0. The number of hydrogen-bond acceptors (Lipinski definition) is 5. The summed E-state index contributed by atoms with van der Waals surface area (Å²) in [6.45, 7) is 3.05. The Morgan fingerprint density at radius 2 is 2.07 bits per heavy atom. The summed E-state index contributed by atoms with van der Waals surface area (Å²) in [5.74, 6) is 1.08. The zero-order valence-corrected chi connectivity index (χ0v) is 18.1. The molecule has 150 valence electrons. The zero-order chi connectivity index (χ0) is 19.9. The highest BCUT2D eigenvalue weighted by Crippen LogP contribution is 2.42. The smallest absolute Gasteiger partial charge is 0.321 e. The molecular weight excluding hydrogens is 442 g/mol. The molecule has 0 saturated carbocycles. The third-order valence-corrected chi connectivity index (χ3v) is 6.27. The lowest BCUT2D eigenvalue weighted by Gasteiger charge is -2.18. The Bertz CT molecular complexity index is 802. The van der Waals surface area contributed by atoms with Crippen molar-refractivity contribution >= 4 is 33.7 Å². The number of aliphatic carboxylic acids is 1. The monoisotopic (exact) mass is 465 g/mol. The van der Waals surface area contributed by atoms with E-state index in [0.29, 0.717) is 30.5 Å². The number of aryl methyl sites for hydroxylation is 1. The van der Waals surface area contributed by atoms with Crippen molar-refractivity contribution in [3.8, 4) is 11.5 Å². The molecule has 3 rings (SSSR count). The first kappa shape index (κ1) is 21.0. The van der Waals surface area contributed by atoms with Gasteiger partial charge in [-0.25, -0.2) is 0 Å². The minimum absolute atomic E-state index is 0.0799. The first-order chi connectivity index (χ1) is 13.6. The van der Waals surface area contributed by atoms with E-state index in [4.69, 9.17) is 9.47 Å². The van der Waals surface area contributed by atoms with Gasteiger partial charge in [0.1, 0.15) is 6.04 Å². The van der Waals surface area contributed by atoms with Crippen LogP contribution in [0.3, 0.4) is 0 Å². The van der Waals surface area contributed by atoms with Crippen LogP contribution in [0.25, 0.3) is 0 Å². The van der Waals surface area contributed by atoms with Gasteiger partial charge in [0.25, 0.3) is 0 Å². The molecule has 0 amide bonds. The van der Waals surface area contributed by atoms with E-state index in [-0.39, 0.29) is 5.37 Å². The molecule has 1 aliphatic heterocycles. The lowest BCUT2D eigenvalue weighted by molar-refractivity contribution is -0.138. The van der Waals surface area contributed by atoms with Crippen molar-refractivity contribution in [2.45, 2.75) is 31.2 Å². The summed E-state index contributed by atoms with van der Waals surface area (Å²) < 4.78 is 12.6. The molecule has 0 bridgehead atoms. The second-order valence-electron chi connectivity index (χ2n) is 6.47. The molecule has 0 aromatic heterocycles. The van der Waals surface area contributed by atoms with E-state index in [2.05, 4.69) is 33.4 Å². The predicted molar refractivity (Wildman–Crippen MR) is 115 cm³/mol. The van der Waals surface area contributed by atoms with Gasteiger partial charge in [0.2, 0.25) is 0 Å². The number of benzene rings is 2. The van der Waals surface area contributed by atoms with E-state index >= 15 is 0 Å². The Morgan fingerprint density at radius 1 is 1.29 bits per heavy atom. The van der Waals surface area contributed by atoms with Crippen LogP contribution in [0, 0.1) is 0 Å². The lowest BCUT2D eigenvalue weighted by atomic mass is 10.1. The summed E-state index contributed by atoms with van der Waals surface area (Å²) in [4.78, 5) is 11.2. The van der Waals surface area contributed by atoms with Crippen LogP contribution in [0.2, 0.25) is 0 Å². The molecule has 2 unspecified atom stereocenters. The van der Waals surface area contributed by atoms with Gasteiger partial charge >= 0.3 is 5.97 Å². The van der Waals surface area contributed by atoms with Crippen molar-refractivity contribution in [2.24, 2.45) is 0 Å². The first-order valence-corrected chi connectivity index (χ1v) is 11.2. The molecule has 2 N–H and O–H groups in total. The van der Waals surface area contributed by atoms with Gasteiger partial charge in [-0.1, -0.05) is 30.3 Å². The molecule has 28 heavy (non-hydrogen) atoms. The average molecular weight is 466 g/mol. The molecule has 2 aromatic carbocycles. The molecule has 0 spiro atoms. The summed E-state index contributed by atoms with van der Waals surface area (Å²) >= 11 is 5.18. The fourth-order valence-corrected chi connectivity index (χ4v) is 4.83. The van der Waals surface area contributed by atoms with Gasteiger partial charge in [-0.15, -0.1) is 11.8 Å². The highest BCUT2D eigenvalue weighted by Gasteiger charge is 2.31. The topological polar surface area (TPSA) is 67.8 Å². The molecule has 1 saturated heterocycles. The molecule has 1 aliphatic rings. The van der Waals surface area contributed by atoms with Crippen molar-refractivity contribution in [3.05, 3.63) is 58.1 Å². The van der Waals surface area contributed by atoms with E-state index in [9.17, 15) is 9.90 Å². The molecule has 7 heteroatoms. The third-order valence-electron chi connectivity index (χ3n) is 4.41. The molecule has 2 aromatic rings. The Hall–Kier alpha value is -1.70. The molecule has 1 fully saturated rings. The van der Waals surface area contributed by atoms with Gasteiger partial charge in [-0.3, -0.25) is 10.1 Å². The normalized spacial score (nSPS) is 18.8. The second-order valence-corrected chi connectivity index (χ2v) is 8.46. The fourth-order valence-electron chi connectivity index (χ4n) is 3.04. The molecule has 1 heterocycles. The average Bonchev–Trinajstić information content (AvgIpc) is 3.18. The maximum absolute atomic E-state index is 11.2. The maximum atomic E-state index is 11.2. The summed E-state index contributed by atoms with van der Waals surface area (Å²) in [5, 5.41) is 12.2. The van der Waals surface area contributed by atoms with Crippen LogP contribution in [-0.2, 0) is 11.2 Å². The van der Waals surface area contributed by atoms with Crippen molar-refractivity contribution < 1.29 is 19.4 Å². The minimum atomic E-state index is -0.822. The summed E-state index contributed by atoms with van der Waals surface area (Å²) in [6, 6.07) is 13.7. The second kappa shape index (κ2) is 10.2. The predicted octanol–water partition coefficient (Wildman–Crippen LogP) is 4.65. The van der Waals surface area contributed by atoms with Crippen LogP contribution >= 0.6 is 27.7 Å². The van der Waals surface area contributed by atoms with Gasteiger partial charge < -0.3 is 14.6 Å². The van der Waals surface area contributed by atoms with Gasteiger partial charge in [0, 0.05) is 5.75 Å². The SMILES string of the molecule is CCOc1cc(C2NC(C(=O)O)CS2)cc(Br)c1OCCCc1ccccc1. The number of carboxylic acid groups (broad SMARTS) is 1. The van der Waals surface area contributed by atoms with Crippen LogP contribution in [0.4, 0.5) is 0 Å². The Kier molecular flexibility index (Phi) is 7.65. The van der Waals surface area contributed by atoms with Crippen molar-refractivity contribution in [1.29, 1.82) is 0 Å². The highest BCUT2D eigenvalue weighted by atomic mass is 79.9. The fraction of sp³-hybridized carbons (Fsp3) is 0.381. The lowest BCUT2D eigenvalue weighted by Crippen LogP contribution is -2.33. The van der Waals surface area contributed by atoms with E-state index in [1.807, 2.05) is 37.3 Å². The molecule has 2 atom stereocenters. The minimum Gasteiger partial charge on any atom is -0.490 e. The maximum Gasteiger partial charge on any atom is 0.321 e. The van der Waals surface area contributed by atoms with Crippen molar-refractivity contribution in [3.63, 3.8) is 0 Å². The van der Waals surface area contributed by atoms with Gasteiger partial charge in [-0.05, 0) is 59.0 Å². The van der Waals surface area contributed by atoms with E-state index in [1.54, 1.807) is 11.8 Å². The number of carbonyl (C=O) groups is 1. The number of nitrogens with one attached hydrogen (secondary N) is 1. The number of carboxylic acids is 1. The molecule has 0 radical (unpaired) electrons. The molecular formula is C21H24BrNO4S. The third kappa shape index (κ3) is 5.43. The Balaban J connectivity index is 1.66. The molecule has 5 nitrogen and oxygen atoms in total. The van der Waals surface area contributed by atoms with E-state index in [0.717, 1.165) is 22.9 Å². The molecule has 0 aliphatic carbocycles. The van der Waals surface area contributed by atoms with Crippen LogP contribution in [0.1, 0.15) is 29.8 Å². The largest absolute Gasteiger partial charge is 0.490 e. The van der Waals surface area contributed by atoms with Gasteiger partial charge in [0.15, 0.2) is 11.5 Å². The number of thioether (sulfide) groups is 1. The standard InChI is InChI=1S/C21H24BrNO4S/c1-2-26-18-12-15(20-23-17(13-28-20)21(24)25)11-16(22)19(18)27-10-6-9-14-7-4-3-5-8-14/h3-5,7-8,11-12,17,20,23H,2,6,9-10,13H2,1H3,(H,24,25). The number of rotatable bonds is 9. The van der Waals surface area contributed by atoms with Crippen LogP contribution in [0.15, 0.2) is 46.9 Å². The highest BCUT2D eigenvalue weighted by molar-refractivity contribution is 9.10. The summed E-state index contributed by atoms with van der Waals surface area (Å²) in [5.41, 5.74) is 2.27. The zero-order valence-electron chi connectivity index (χ0n) is 15.7. The first-order valence-electron chi connectivity index (χ1n) is 9.32. The number of halogens is 1. The van der Waals surface area contributed by atoms with Crippen molar-refractivity contribution in [1.82, 2.24) is 5.32 Å². The van der Waals surface area contributed by atoms with E-state index < -0.39 is 12.0 Å². The quantitative estimate of drug-likeness (QED) is 0.525. The Morgan fingerprint density at radius 3 is 2.75 bits per heavy atom.